The summed E-state index contributed by atoms with van der Waals surface area (Å²) < 4.78 is 5.44. The number of nitrogens with zero attached hydrogens (tertiary/aromatic N) is 2. The summed E-state index contributed by atoms with van der Waals surface area (Å²) in [7, 11) is 1.70. The molecule has 5 nitrogen and oxygen atoms in total. The van der Waals surface area contributed by atoms with Crippen molar-refractivity contribution in [1.82, 2.24) is 10.2 Å². The van der Waals surface area contributed by atoms with Crippen LogP contribution in [-0.2, 0) is 4.79 Å². The van der Waals surface area contributed by atoms with Crippen LogP contribution in [0.1, 0.15) is 26.7 Å². The van der Waals surface area contributed by atoms with Crippen LogP contribution in [0.2, 0.25) is 0 Å². The molecule has 0 atom stereocenters. The number of rotatable bonds is 8. The van der Waals surface area contributed by atoms with Gasteiger partial charge < -0.3 is 19.9 Å². The molecule has 0 aliphatic carbocycles. The highest BCUT2D eigenvalue weighted by Gasteiger charge is 2.22. The smallest absolute Gasteiger partial charge is 0.223 e. The van der Waals surface area contributed by atoms with Crippen molar-refractivity contribution in [3.63, 3.8) is 0 Å². The fourth-order valence-corrected chi connectivity index (χ4v) is 2.96. The van der Waals surface area contributed by atoms with Gasteiger partial charge in [0.2, 0.25) is 5.91 Å². The summed E-state index contributed by atoms with van der Waals surface area (Å²) in [5, 5.41) is 3.36. The fourth-order valence-electron chi connectivity index (χ4n) is 2.96. The predicted octanol–water partition coefficient (Wildman–Crippen LogP) is 2.37. The van der Waals surface area contributed by atoms with Crippen LogP contribution in [0.4, 0.5) is 5.69 Å². The minimum atomic E-state index is 0.256. The van der Waals surface area contributed by atoms with E-state index in [9.17, 15) is 4.79 Å². The molecular formula is C19H31N3O2. The molecule has 1 saturated heterocycles. The van der Waals surface area contributed by atoms with Crippen molar-refractivity contribution >= 4 is 11.6 Å². The van der Waals surface area contributed by atoms with Crippen LogP contribution in [0.5, 0.6) is 5.75 Å². The van der Waals surface area contributed by atoms with Crippen LogP contribution < -0.4 is 15.0 Å². The molecule has 1 heterocycles. The number of para-hydroxylation sites is 2. The highest BCUT2D eigenvalue weighted by atomic mass is 16.5. The number of ether oxygens (including phenoxy) is 1. The Morgan fingerprint density at radius 2 is 1.88 bits per heavy atom. The van der Waals surface area contributed by atoms with Crippen molar-refractivity contribution in [3.8, 4) is 5.75 Å². The van der Waals surface area contributed by atoms with Crippen molar-refractivity contribution in [2.45, 2.75) is 26.7 Å². The lowest BCUT2D eigenvalue weighted by Crippen LogP contribution is -2.49. The quantitative estimate of drug-likeness (QED) is 0.742. The van der Waals surface area contributed by atoms with Gasteiger partial charge in [-0.2, -0.15) is 0 Å². The SMILES string of the molecule is COc1ccccc1N1CCN(C(=O)CCNCCC(C)C)CC1. The molecule has 1 aliphatic rings. The van der Waals surface area contributed by atoms with Crippen LogP contribution in [0, 0.1) is 5.92 Å². The zero-order chi connectivity index (χ0) is 17.4. The Kier molecular flexibility index (Phi) is 7.37. The maximum atomic E-state index is 12.3. The first kappa shape index (κ1) is 18.6. The second-order valence-electron chi connectivity index (χ2n) is 6.72. The largest absolute Gasteiger partial charge is 0.495 e. The summed E-state index contributed by atoms with van der Waals surface area (Å²) in [6, 6.07) is 8.07. The van der Waals surface area contributed by atoms with E-state index in [-0.39, 0.29) is 5.91 Å². The molecule has 1 amide bonds. The van der Waals surface area contributed by atoms with E-state index >= 15 is 0 Å². The Morgan fingerprint density at radius 1 is 1.17 bits per heavy atom. The maximum absolute atomic E-state index is 12.3. The summed E-state index contributed by atoms with van der Waals surface area (Å²) in [4.78, 5) is 16.6. The lowest BCUT2D eigenvalue weighted by Gasteiger charge is -2.36. The molecular weight excluding hydrogens is 302 g/mol. The van der Waals surface area contributed by atoms with E-state index in [1.54, 1.807) is 7.11 Å². The minimum absolute atomic E-state index is 0.256. The first-order chi connectivity index (χ1) is 11.6. The van der Waals surface area contributed by atoms with Crippen molar-refractivity contribution in [2.75, 3.05) is 51.3 Å². The van der Waals surface area contributed by atoms with E-state index in [0.717, 1.165) is 57.1 Å². The number of carbonyl (C=O) groups excluding carboxylic acids is 1. The van der Waals surface area contributed by atoms with Crippen molar-refractivity contribution in [2.24, 2.45) is 5.92 Å². The fraction of sp³-hybridized carbons (Fsp3) is 0.632. The van der Waals surface area contributed by atoms with Gasteiger partial charge in [0.15, 0.2) is 0 Å². The van der Waals surface area contributed by atoms with Gasteiger partial charge in [0.05, 0.1) is 12.8 Å². The van der Waals surface area contributed by atoms with E-state index < -0.39 is 0 Å². The van der Waals surface area contributed by atoms with Crippen LogP contribution in [-0.4, -0.2) is 57.2 Å². The minimum Gasteiger partial charge on any atom is -0.495 e. The normalized spacial score (nSPS) is 15.0. The molecule has 0 radical (unpaired) electrons. The van der Waals surface area contributed by atoms with Crippen LogP contribution in [0.25, 0.3) is 0 Å². The average molecular weight is 333 g/mol. The summed E-state index contributed by atoms with van der Waals surface area (Å²) in [5.41, 5.74) is 1.11. The Morgan fingerprint density at radius 3 is 2.54 bits per heavy atom. The number of nitrogens with one attached hydrogen (secondary N) is 1. The average Bonchev–Trinajstić information content (AvgIpc) is 2.61. The molecule has 134 valence electrons. The standard InChI is InChI=1S/C19H31N3O2/c1-16(2)8-10-20-11-9-19(23)22-14-12-21(13-15-22)17-6-4-5-7-18(17)24-3/h4-7,16,20H,8-15H2,1-3H3. The van der Waals surface area contributed by atoms with Gasteiger partial charge in [-0.3, -0.25) is 4.79 Å². The summed E-state index contributed by atoms with van der Waals surface area (Å²) in [6.45, 7) is 9.47. The van der Waals surface area contributed by atoms with E-state index in [1.807, 2.05) is 23.1 Å². The van der Waals surface area contributed by atoms with Crippen molar-refractivity contribution < 1.29 is 9.53 Å². The first-order valence-corrected chi connectivity index (χ1v) is 8.98. The molecule has 1 aliphatic heterocycles. The number of methoxy groups -OCH3 is 1. The van der Waals surface area contributed by atoms with Gasteiger partial charge in [-0.05, 0) is 31.0 Å². The van der Waals surface area contributed by atoms with E-state index in [2.05, 4.69) is 30.1 Å². The zero-order valence-corrected chi connectivity index (χ0v) is 15.3. The highest BCUT2D eigenvalue weighted by Crippen LogP contribution is 2.28. The number of hydrogen-bond acceptors (Lipinski definition) is 4. The van der Waals surface area contributed by atoms with Gasteiger partial charge in [0, 0.05) is 39.1 Å². The predicted molar refractivity (Wildman–Crippen MR) is 98.7 cm³/mol. The third-order valence-corrected chi connectivity index (χ3v) is 4.47. The maximum Gasteiger partial charge on any atom is 0.223 e. The molecule has 2 rings (SSSR count). The molecule has 1 N–H and O–H groups in total. The molecule has 1 fully saturated rings. The van der Waals surface area contributed by atoms with Crippen LogP contribution >= 0.6 is 0 Å². The van der Waals surface area contributed by atoms with Crippen LogP contribution in [0.15, 0.2) is 24.3 Å². The summed E-state index contributed by atoms with van der Waals surface area (Å²) >= 11 is 0. The number of anilines is 1. The molecule has 0 unspecified atom stereocenters. The van der Waals surface area contributed by atoms with E-state index in [1.165, 1.54) is 0 Å². The molecule has 1 aromatic rings. The Hall–Kier alpha value is -1.75. The van der Waals surface area contributed by atoms with Crippen molar-refractivity contribution in [3.05, 3.63) is 24.3 Å². The summed E-state index contributed by atoms with van der Waals surface area (Å²) in [5.74, 6) is 1.86. The van der Waals surface area contributed by atoms with Gasteiger partial charge >= 0.3 is 0 Å². The lowest BCUT2D eigenvalue weighted by molar-refractivity contribution is -0.131. The third-order valence-electron chi connectivity index (χ3n) is 4.47. The number of carbonyl (C=O) groups is 1. The van der Waals surface area contributed by atoms with Gasteiger partial charge in [-0.15, -0.1) is 0 Å². The van der Waals surface area contributed by atoms with Crippen molar-refractivity contribution in [1.29, 1.82) is 0 Å². The Labute approximate surface area is 146 Å². The molecule has 1 aromatic carbocycles. The molecule has 5 heteroatoms. The Balaban J connectivity index is 1.73. The molecule has 24 heavy (non-hydrogen) atoms. The second kappa shape index (κ2) is 9.52. The lowest BCUT2D eigenvalue weighted by atomic mass is 10.1. The number of piperazine rings is 1. The summed E-state index contributed by atoms with van der Waals surface area (Å²) in [6.07, 6.45) is 1.75. The molecule has 0 saturated carbocycles. The monoisotopic (exact) mass is 333 g/mol. The molecule has 0 bridgehead atoms. The highest BCUT2D eigenvalue weighted by molar-refractivity contribution is 5.76. The molecule has 0 spiro atoms. The molecule has 0 aromatic heterocycles. The first-order valence-electron chi connectivity index (χ1n) is 8.98. The van der Waals surface area contributed by atoms with Gasteiger partial charge in [0.1, 0.15) is 5.75 Å². The van der Waals surface area contributed by atoms with Gasteiger partial charge in [-0.25, -0.2) is 0 Å². The van der Waals surface area contributed by atoms with E-state index in [4.69, 9.17) is 4.74 Å². The van der Waals surface area contributed by atoms with Crippen LogP contribution in [0.3, 0.4) is 0 Å². The van der Waals surface area contributed by atoms with Gasteiger partial charge in [0.25, 0.3) is 0 Å². The second-order valence-corrected chi connectivity index (χ2v) is 6.72. The van der Waals surface area contributed by atoms with E-state index in [0.29, 0.717) is 12.3 Å². The number of benzene rings is 1. The topological polar surface area (TPSA) is 44.8 Å². The number of hydrogen-bond donors (Lipinski definition) is 1. The van der Waals surface area contributed by atoms with Gasteiger partial charge in [-0.1, -0.05) is 26.0 Å². The zero-order valence-electron chi connectivity index (χ0n) is 15.3. The third kappa shape index (κ3) is 5.41. The Bertz CT molecular complexity index is 511. The number of amides is 1.